The lowest BCUT2D eigenvalue weighted by Gasteiger charge is -2.12. The zero-order chi connectivity index (χ0) is 20.7. The molecule has 2 aromatic rings. The van der Waals surface area contributed by atoms with Gasteiger partial charge >= 0.3 is 0 Å². The fourth-order valence-corrected chi connectivity index (χ4v) is 2.58. The number of ether oxygens (including phenoxy) is 1. The second-order valence-electron chi connectivity index (χ2n) is 6.36. The minimum absolute atomic E-state index is 0. The second kappa shape index (κ2) is 15.5. The van der Waals surface area contributed by atoms with Crippen LogP contribution in [0.3, 0.4) is 0 Å². The van der Waals surface area contributed by atoms with Crippen LogP contribution in [0.2, 0.25) is 0 Å². The molecule has 0 spiro atoms. The molecule has 0 aliphatic carbocycles. The monoisotopic (exact) mass is 528 g/mol. The van der Waals surface area contributed by atoms with Crippen LogP contribution in [0.25, 0.3) is 0 Å². The van der Waals surface area contributed by atoms with E-state index < -0.39 is 0 Å². The number of carbonyl (C=O) groups excluding carboxylic acids is 1. The van der Waals surface area contributed by atoms with Crippen molar-refractivity contribution in [3.05, 3.63) is 66.0 Å². The Hall–Kier alpha value is -2.36. The molecule has 30 heavy (non-hydrogen) atoms. The van der Waals surface area contributed by atoms with Gasteiger partial charge in [-0.05, 0) is 36.8 Å². The van der Waals surface area contributed by atoms with Crippen molar-refractivity contribution in [1.29, 1.82) is 0 Å². The maximum absolute atomic E-state index is 13.2. The molecule has 0 heterocycles. The first-order chi connectivity index (χ1) is 14.2. The fourth-order valence-electron chi connectivity index (χ4n) is 2.58. The Morgan fingerprint density at radius 3 is 2.53 bits per heavy atom. The molecule has 8 heteroatoms. The zero-order valence-corrected chi connectivity index (χ0v) is 19.5. The van der Waals surface area contributed by atoms with Gasteiger partial charge < -0.3 is 20.7 Å². The SMILES string of the molecule is CCNC(=NCCCOc1ccccc1)NCCNC(=O)Cc1cccc(F)c1.I. The van der Waals surface area contributed by atoms with Crippen LogP contribution in [-0.4, -0.2) is 44.7 Å². The number of hydrogen-bond acceptors (Lipinski definition) is 3. The quantitative estimate of drug-likeness (QED) is 0.181. The Morgan fingerprint density at radius 2 is 1.80 bits per heavy atom. The van der Waals surface area contributed by atoms with Gasteiger partial charge in [0.1, 0.15) is 11.6 Å². The van der Waals surface area contributed by atoms with Gasteiger partial charge in [-0.2, -0.15) is 0 Å². The normalized spacial score (nSPS) is 10.7. The first kappa shape index (κ1) is 25.7. The van der Waals surface area contributed by atoms with Crippen molar-refractivity contribution in [3.8, 4) is 5.75 Å². The molecule has 0 aliphatic heterocycles. The molecule has 0 unspecified atom stereocenters. The summed E-state index contributed by atoms with van der Waals surface area (Å²) in [5.74, 6) is 1.08. The third-order valence-electron chi connectivity index (χ3n) is 3.92. The third kappa shape index (κ3) is 11.0. The number of aliphatic imine (C=N–C) groups is 1. The summed E-state index contributed by atoms with van der Waals surface area (Å²) in [6.45, 7) is 4.98. The van der Waals surface area contributed by atoms with E-state index in [1.165, 1.54) is 12.1 Å². The summed E-state index contributed by atoms with van der Waals surface area (Å²) in [4.78, 5) is 16.4. The number of guanidine groups is 1. The van der Waals surface area contributed by atoms with Crippen LogP contribution in [0, 0.1) is 5.82 Å². The summed E-state index contributed by atoms with van der Waals surface area (Å²) in [7, 11) is 0. The van der Waals surface area contributed by atoms with E-state index in [1.54, 1.807) is 12.1 Å². The molecule has 164 valence electrons. The number of para-hydroxylation sites is 1. The largest absolute Gasteiger partial charge is 0.494 e. The summed E-state index contributed by atoms with van der Waals surface area (Å²) in [6.07, 6.45) is 0.961. The minimum Gasteiger partial charge on any atom is -0.494 e. The predicted octanol–water partition coefficient (Wildman–Crippen LogP) is 3.13. The number of nitrogens with one attached hydrogen (secondary N) is 3. The van der Waals surface area contributed by atoms with Gasteiger partial charge in [-0.1, -0.05) is 30.3 Å². The Labute approximate surface area is 194 Å². The topological polar surface area (TPSA) is 74.8 Å². The number of benzene rings is 2. The highest BCUT2D eigenvalue weighted by molar-refractivity contribution is 14.0. The number of nitrogens with zero attached hydrogens (tertiary/aromatic N) is 1. The summed E-state index contributed by atoms with van der Waals surface area (Å²) in [5.41, 5.74) is 0.656. The van der Waals surface area contributed by atoms with Crippen LogP contribution < -0.4 is 20.7 Å². The molecule has 0 bridgehead atoms. The van der Waals surface area contributed by atoms with Gasteiger partial charge in [-0.3, -0.25) is 9.79 Å². The first-order valence-corrected chi connectivity index (χ1v) is 9.88. The van der Waals surface area contributed by atoms with Crippen molar-refractivity contribution in [2.24, 2.45) is 4.99 Å². The van der Waals surface area contributed by atoms with E-state index in [0.29, 0.717) is 37.8 Å². The number of hydrogen-bond donors (Lipinski definition) is 3. The van der Waals surface area contributed by atoms with Crippen molar-refractivity contribution < 1.29 is 13.9 Å². The van der Waals surface area contributed by atoms with Gasteiger partial charge in [0.25, 0.3) is 0 Å². The molecule has 0 atom stereocenters. The van der Waals surface area contributed by atoms with Gasteiger partial charge in [-0.25, -0.2) is 4.39 Å². The lowest BCUT2D eigenvalue weighted by molar-refractivity contribution is -0.120. The average molecular weight is 528 g/mol. The van der Waals surface area contributed by atoms with E-state index in [0.717, 1.165) is 18.7 Å². The highest BCUT2D eigenvalue weighted by atomic mass is 127. The summed E-state index contributed by atoms with van der Waals surface area (Å²) in [6, 6.07) is 15.8. The van der Waals surface area contributed by atoms with E-state index in [4.69, 9.17) is 4.74 Å². The van der Waals surface area contributed by atoms with E-state index in [9.17, 15) is 9.18 Å². The number of halogens is 2. The molecule has 2 rings (SSSR count). The second-order valence-corrected chi connectivity index (χ2v) is 6.36. The maximum atomic E-state index is 13.2. The molecule has 1 amide bonds. The Bertz CT molecular complexity index is 775. The van der Waals surface area contributed by atoms with Crippen molar-refractivity contribution in [1.82, 2.24) is 16.0 Å². The molecule has 6 nitrogen and oxygen atoms in total. The highest BCUT2D eigenvalue weighted by Crippen LogP contribution is 2.08. The van der Waals surface area contributed by atoms with Crippen LogP contribution >= 0.6 is 24.0 Å². The number of amides is 1. The van der Waals surface area contributed by atoms with E-state index in [-0.39, 0.29) is 42.1 Å². The average Bonchev–Trinajstić information content (AvgIpc) is 2.71. The van der Waals surface area contributed by atoms with Gasteiger partial charge in [0.15, 0.2) is 5.96 Å². The van der Waals surface area contributed by atoms with E-state index in [2.05, 4.69) is 20.9 Å². The van der Waals surface area contributed by atoms with Crippen LogP contribution in [0.15, 0.2) is 59.6 Å². The smallest absolute Gasteiger partial charge is 0.224 e. The molecule has 2 aromatic carbocycles. The molecular formula is C22H30FIN4O2. The molecule has 0 fully saturated rings. The Morgan fingerprint density at radius 1 is 1.03 bits per heavy atom. The summed E-state index contributed by atoms with van der Waals surface area (Å²) < 4.78 is 18.8. The molecular weight excluding hydrogens is 498 g/mol. The van der Waals surface area contributed by atoms with E-state index in [1.807, 2.05) is 37.3 Å². The van der Waals surface area contributed by atoms with E-state index >= 15 is 0 Å². The highest BCUT2D eigenvalue weighted by Gasteiger charge is 2.04. The molecule has 0 aliphatic rings. The predicted molar refractivity (Wildman–Crippen MR) is 129 cm³/mol. The van der Waals surface area contributed by atoms with Crippen LogP contribution in [-0.2, 0) is 11.2 Å². The van der Waals surface area contributed by atoms with Crippen molar-refractivity contribution in [2.45, 2.75) is 19.8 Å². The van der Waals surface area contributed by atoms with Crippen molar-refractivity contribution in [2.75, 3.05) is 32.8 Å². The fraction of sp³-hybridized carbons (Fsp3) is 0.364. The van der Waals surface area contributed by atoms with Crippen LogP contribution in [0.5, 0.6) is 5.75 Å². The minimum atomic E-state index is -0.336. The summed E-state index contributed by atoms with van der Waals surface area (Å²) in [5, 5.41) is 9.17. The van der Waals surface area contributed by atoms with Gasteiger partial charge in [-0.15, -0.1) is 24.0 Å². The number of rotatable bonds is 11. The third-order valence-corrected chi connectivity index (χ3v) is 3.92. The first-order valence-electron chi connectivity index (χ1n) is 9.88. The Kier molecular flexibility index (Phi) is 13.2. The lowest BCUT2D eigenvalue weighted by atomic mass is 10.1. The van der Waals surface area contributed by atoms with Crippen LogP contribution in [0.1, 0.15) is 18.9 Å². The maximum Gasteiger partial charge on any atom is 0.224 e. The summed E-state index contributed by atoms with van der Waals surface area (Å²) >= 11 is 0. The molecule has 0 saturated heterocycles. The van der Waals surface area contributed by atoms with Gasteiger partial charge in [0.2, 0.25) is 5.91 Å². The number of carbonyl (C=O) groups is 1. The molecule has 0 radical (unpaired) electrons. The lowest BCUT2D eigenvalue weighted by Crippen LogP contribution is -2.41. The Balaban J connectivity index is 0.00000450. The van der Waals surface area contributed by atoms with Crippen LogP contribution in [0.4, 0.5) is 4.39 Å². The van der Waals surface area contributed by atoms with Crippen molar-refractivity contribution >= 4 is 35.8 Å². The molecule has 0 saturated carbocycles. The molecule has 0 aromatic heterocycles. The van der Waals surface area contributed by atoms with Gasteiger partial charge in [0.05, 0.1) is 13.0 Å². The zero-order valence-electron chi connectivity index (χ0n) is 17.2. The standard InChI is InChI=1S/C22H29FN4O2.HI/c1-2-24-22(26-12-7-15-29-20-10-4-3-5-11-20)27-14-13-25-21(28)17-18-8-6-9-19(23)16-18;/h3-6,8-11,16H,2,7,12-15,17H2,1H3,(H,25,28)(H2,24,26,27);1H. The molecule has 3 N–H and O–H groups in total. The van der Waals surface area contributed by atoms with Gasteiger partial charge in [0, 0.05) is 32.6 Å². The van der Waals surface area contributed by atoms with Crippen molar-refractivity contribution in [3.63, 3.8) is 0 Å².